The van der Waals surface area contributed by atoms with Gasteiger partial charge in [-0.15, -0.1) is 0 Å². The van der Waals surface area contributed by atoms with E-state index in [2.05, 4.69) is 0 Å². The number of nitrogens with zero attached hydrogens (tertiary/aromatic N) is 1. The lowest BCUT2D eigenvalue weighted by molar-refractivity contribution is -0.123. The smallest absolute Gasteiger partial charge is 0.293 e. The molecule has 0 spiro atoms. The van der Waals surface area contributed by atoms with Crippen molar-refractivity contribution in [3.05, 3.63) is 34.7 Å². The first-order valence-electron chi connectivity index (χ1n) is 5.94. The number of hydrogen-bond acceptors (Lipinski definition) is 4. The Balaban J connectivity index is 2.35. The number of imide groups is 1. The summed E-state index contributed by atoms with van der Waals surface area (Å²) in [6.45, 7) is 3.64. The van der Waals surface area contributed by atoms with Gasteiger partial charge in [0.1, 0.15) is 5.75 Å². The predicted molar refractivity (Wildman–Crippen MR) is 75.9 cm³/mol. The first kappa shape index (κ1) is 13.7. The van der Waals surface area contributed by atoms with Crippen molar-refractivity contribution in [2.24, 2.45) is 0 Å². The third-order valence-corrected chi connectivity index (χ3v) is 3.65. The number of benzene rings is 1. The average molecular weight is 277 g/mol. The molecule has 0 bridgehead atoms. The summed E-state index contributed by atoms with van der Waals surface area (Å²) in [6, 6.07) is 7.26. The minimum absolute atomic E-state index is 0.129. The van der Waals surface area contributed by atoms with E-state index in [0.717, 1.165) is 17.3 Å². The summed E-state index contributed by atoms with van der Waals surface area (Å²) in [5.41, 5.74) is 0.791. The number of para-hydroxylation sites is 1. The van der Waals surface area contributed by atoms with Crippen LogP contribution in [0.25, 0.3) is 6.08 Å². The maximum Gasteiger partial charge on any atom is 0.293 e. The number of carbonyl (C=O) groups excluding carboxylic acids is 2. The number of hydrogen-bond donors (Lipinski definition) is 0. The van der Waals surface area contributed by atoms with Crippen LogP contribution in [0.1, 0.15) is 19.4 Å². The molecule has 1 aliphatic rings. The fourth-order valence-corrected chi connectivity index (χ4v) is 2.80. The minimum Gasteiger partial charge on any atom is -0.496 e. The van der Waals surface area contributed by atoms with Crippen LogP contribution in [0.2, 0.25) is 0 Å². The fraction of sp³-hybridized carbons (Fsp3) is 0.286. The molecular formula is C14H15NO3S. The molecule has 100 valence electrons. The van der Waals surface area contributed by atoms with Gasteiger partial charge < -0.3 is 4.74 Å². The fourth-order valence-electron chi connectivity index (χ4n) is 1.85. The molecule has 19 heavy (non-hydrogen) atoms. The lowest BCUT2D eigenvalue weighted by Gasteiger charge is -2.16. The van der Waals surface area contributed by atoms with Gasteiger partial charge in [0.15, 0.2) is 0 Å². The minimum atomic E-state index is -0.240. The van der Waals surface area contributed by atoms with Gasteiger partial charge in [-0.2, -0.15) is 0 Å². The molecule has 0 aromatic heterocycles. The number of methoxy groups -OCH3 is 1. The monoisotopic (exact) mass is 277 g/mol. The van der Waals surface area contributed by atoms with Gasteiger partial charge in [-0.3, -0.25) is 14.5 Å². The summed E-state index contributed by atoms with van der Waals surface area (Å²) in [5.74, 6) is 0.440. The highest BCUT2D eigenvalue weighted by Crippen LogP contribution is 2.34. The van der Waals surface area contributed by atoms with Gasteiger partial charge in [0.25, 0.3) is 11.1 Å². The average Bonchev–Trinajstić information content (AvgIpc) is 2.65. The second-order valence-electron chi connectivity index (χ2n) is 4.39. The standard InChI is InChI=1S/C14H15NO3S/c1-9(2)15-13(16)12(19-14(15)17)8-10-6-4-5-7-11(10)18-3/h4-9H,1-3H3/b12-8-. The molecule has 0 N–H and O–H groups in total. The Labute approximate surface area is 116 Å². The summed E-state index contributed by atoms with van der Waals surface area (Å²) < 4.78 is 5.23. The summed E-state index contributed by atoms with van der Waals surface area (Å²) in [6.07, 6.45) is 1.70. The largest absolute Gasteiger partial charge is 0.496 e. The second-order valence-corrected chi connectivity index (χ2v) is 5.38. The van der Waals surface area contributed by atoms with Crippen molar-refractivity contribution >= 4 is 29.0 Å². The van der Waals surface area contributed by atoms with Gasteiger partial charge in [0.2, 0.25) is 0 Å². The maximum atomic E-state index is 12.1. The second kappa shape index (κ2) is 5.48. The third-order valence-electron chi connectivity index (χ3n) is 2.77. The SMILES string of the molecule is COc1ccccc1/C=C1\SC(=O)N(C(C)C)C1=O. The van der Waals surface area contributed by atoms with Crippen LogP contribution in [-0.4, -0.2) is 29.2 Å². The molecule has 0 aliphatic carbocycles. The molecule has 4 nitrogen and oxygen atoms in total. The third kappa shape index (κ3) is 2.66. The molecule has 0 radical (unpaired) electrons. The number of carbonyl (C=O) groups is 2. The maximum absolute atomic E-state index is 12.1. The van der Waals surface area contributed by atoms with E-state index in [4.69, 9.17) is 4.74 Å². The Bertz CT molecular complexity index is 551. The summed E-state index contributed by atoms with van der Waals surface area (Å²) in [5, 5.41) is -0.221. The molecule has 1 heterocycles. The highest BCUT2D eigenvalue weighted by atomic mass is 32.2. The summed E-state index contributed by atoms with van der Waals surface area (Å²) in [7, 11) is 1.58. The Morgan fingerprint density at radius 1 is 1.26 bits per heavy atom. The van der Waals surface area contributed by atoms with Crippen LogP contribution < -0.4 is 4.74 Å². The van der Waals surface area contributed by atoms with Gasteiger partial charge in [0.05, 0.1) is 12.0 Å². The van der Waals surface area contributed by atoms with E-state index in [1.807, 2.05) is 38.1 Å². The van der Waals surface area contributed by atoms with Crippen LogP contribution in [0.4, 0.5) is 4.79 Å². The Kier molecular flexibility index (Phi) is 3.95. The van der Waals surface area contributed by atoms with Crippen molar-refractivity contribution in [2.45, 2.75) is 19.9 Å². The zero-order valence-electron chi connectivity index (χ0n) is 11.0. The number of ether oxygens (including phenoxy) is 1. The van der Waals surface area contributed by atoms with Gasteiger partial charge in [-0.1, -0.05) is 18.2 Å². The first-order valence-corrected chi connectivity index (χ1v) is 6.76. The Morgan fingerprint density at radius 2 is 1.95 bits per heavy atom. The molecule has 1 aliphatic heterocycles. The highest BCUT2D eigenvalue weighted by molar-refractivity contribution is 8.18. The molecule has 0 unspecified atom stereocenters. The van der Waals surface area contributed by atoms with Crippen molar-refractivity contribution in [1.82, 2.24) is 4.90 Å². The van der Waals surface area contributed by atoms with Crippen molar-refractivity contribution in [3.63, 3.8) is 0 Å². The Morgan fingerprint density at radius 3 is 2.53 bits per heavy atom. The van der Waals surface area contributed by atoms with E-state index >= 15 is 0 Å². The molecule has 5 heteroatoms. The predicted octanol–water partition coefficient (Wildman–Crippen LogP) is 3.14. The normalized spacial score (nSPS) is 17.7. The number of rotatable bonds is 3. The van der Waals surface area contributed by atoms with Gasteiger partial charge in [-0.05, 0) is 37.8 Å². The van der Waals surface area contributed by atoms with Crippen LogP contribution in [0.3, 0.4) is 0 Å². The highest BCUT2D eigenvalue weighted by Gasteiger charge is 2.36. The number of amides is 2. The molecule has 2 amide bonds. The Hall–Kier alpha value is -1.75. The molecule has 1 fully saturated rings. The van der Waals surface area contributed by atoms with Crippen molar-refractivity contribution in [3.8, 4) is 5.75 Å². The van der Waals surface area contributed by atoms with E-state index in [0.29, 0.717) is 10.7 Å². The summed E-state index contributed by atoms with van der Waals surface area (Å²) in [4.78, 5) is 25.6. The topological polar surface area (TPSA) is 46.6 Å². The van der Waals surface area contributed by atoms with Crippen LogP contribution in [0.15, 0.2) is 29.2 Å². The van der Waals surface area contributed by atoms with Crippen LogP contribution in [0.5, 0.6) is 5.75 Å². The van der Waals surface area contributed by atoms with Crippen LogP contribution >= 0.6 is 11.8 Å². The van der Waals surface area contributed by atoms with E-state index in [-0.39, 0.29) is 17.2 Å². The van der Waals surface area contributed by atoms with Gasteiger partial charge in [-0.25, -0.2) is 0 Å². The molecule has 2 rings (SSSR count). The van der Waals surface area contributed by atoms with Crippen molar-refractivity contribution in [1.29, 1.82) is 0 Å². The van der Waals surface area contributed by atoms with E-state index in [1.54, 1.807) is 13.2 Å². The molecule has 1 aromatic carbocycles. The molecule has 1 aromatic rings. The summed E-state index contributed by atoms with van der Waals surface area (Å²) >= 11 is 0.967. The first-order chi connectivity index (χ1) is 9.04. The number of thioether (sulfide) groups is 1. The lowest BCUT2D eigenvalue weighted by atomic mass is 10.2. The van der Waals surface area contributed by atoms with Crippen LogP contribution in [-0.2, 0) is 4.79 Å². The molecular weight excluding hydrogens is 262 g/mol. The van der Waals surface area contributed by atoms with Gasteiger partial charge in [0, 0.05) is 11.6 Å². The zero-order valence-corrected chi connectivity index (χ0v) is 11.9. The molecule has 0 saturated carbocycles. The van der Waals surface area contributed by atoms with E-state index < -0.39 is 0 Å². The van der Waals surface area contributed by atoms with Gasteiger partial charge >= 0.3 is 0 Å². The quantitative estimate of drug-likeness (QED) is 0.796. The van der Waals surface area contributed by atoms with Crippen molar-refractivity contribution in [2.75, 3.05) is 7.11 Å². The molecule has 1 saturated heterocycles. The van der Waals surface area contributed by atoms with Crippen LogP contribution in [0, 0.1) is 0 Å². The van der Waals surface area contributed by atoms with E-state index in [9.17, 15) is 9.59 Å². The zero-order chi connectivity index (χ0) is 14.0. The lowest BCUT2D eigenvalue weighted by Crippen LogP contribution is -2.34. The van der Waals surface area contributed by atoms with Crippen molar-refractivity contribution < 1.29 is 14.3 Å². The van der Waals surface area contributed by atoms with E-state index in [1.165, 1.54) is 4.90 Å². The molecule has 0 atom stereocenters.